The van der Waals surface area contributed by atoms with Gasteiger partial charge in [0.2, 0.25) is 5.89 Å². The normalized spacial score (nSPS) is 17.3. The molecule has 2 N–H and O–H groups in total. The van der Waals surface area contributed by atoms with Crippen molar-refractivity contribution in [2.24, 2.45) is 0 Å². The third-order valence-corrected chi connectivity index (χ3v) is 3.83. The van der Waals surface area contributed by atoms with Crippen molar-refractivity contribution in [2.75, 3.05) is 18.0 Å². The number of nitrogens with zero attached hydrogens (tertiary/aromatic N) is 4. The molecule has 1 saturated heterocycles. The van der Waals surface area contributed by atoms with Crippen LogP contribution >= 0.6 is 11.6 Å². The van der Waals surface area contributed by atoms with Crippen LogP contribution in [-0.2, 0) is 6.54 Å². The Morgan fingerprint density at radius 1 is 1.57 bits per heavy atom. The molecule has 1 aliphatic heterocycles. The molecule has 23 heavy (non-hydrogen) atoms. The molecule has 0 aromatic carbocycles. The molecule has 2 aromatic heterocycles. The third-order valence-electron chi connectivity index (χ3n) is 3.54. The molecule has 1 atom stereocenters. The molecule has 0 aliphatic carbocycles. The highest BCUT2D eigenvalue weighted by Crippen LogP contribution is 2.25. The van der Waals surface area contributed by atoms with Crippen molar-refractivity contribution < 1.29 is 9.32 Å². The number of carbonyl (C=O) groups is 1. The summed E-state index contributed by atoms with van der Waals surface area (Å²) in [6.45, 7) is 3.40. The van der Waals surface area contributed by atoms with Crippen LogP contribution in [0.3, 0.4) is 0 Å². The van der Waals surface area contributed by atoms with Gasteiger partial charge in [-0.25, -0.2) is 9.78 Å². The number of pyridine rings is 1. The minimum atomic E-state index is -0.258. The quantitative estimate of drug-likeness (QED) is 0.878. The number of aromatic nitrogens is 3. The highest BCUT2D eigenvalue weighted by Gasteiger charge is 2.26. The van der Waals surface area contributed by atoms with Crippen molar-refractivity contribution in [3.8, 4) is 0 Å². The highest BCUT2D eigenvalue weighted by atomic mass is 35.5. The van der Waals surface area contributed by atoms with Crippen molar-refractivity contribution in [1.82, 2.24) is 25.8 Å². The van der Waals surface area contributed by atoms with Gasteiger partial charge in [-0.3, -0.25) is 0 Å². The summed E-state index contributed by atoms with van der Waals surface area (Å²) < 4.78 is 4.85. The highest BCUT2D eigenvalue weighted by molar-refractivity contribution is 6.32. The van der Waals surface area contributed by atoms with Gasteiger partial charge >= 0.3 is 6.03 Å². The van der Waals surface area contributed by atoms with E-state index < -0.39 is 0 Å². The molecule has 0 saturated carbocycles. The Labute approximate surface area is 138 Å². The molecule has 0 radical (unpaired) electrons. The van der Waals surface area contributed by atoms with Crippen LogP contribution in [-0.4, -0.2) is 40.3 Å². The molecular formula is C14H17ClN6O2. The smallest absolute Gasteiger partial charge is 0.315 e. The first-order valence-electron chi connectivity index (χ1n) is 7.31. The second-order valence-corrected chi connectivity index (χ2v) is 5.70. The Bertz CT molecular complexity index is 691. The number of urea groups is 1. The maximum absolute atomic E-state index is 11.9. The average molecular weight is 337 g/mol. The number of carbonyl (C=O) groups excluding carboxylic acids is 1. The average Bonchev–Trinajstić information content (AvgIpc) is 3.15. The monoisotopic (exact) mass is 336 g/mol. The van der Waals surface area contributed by atoms with Crippen molar-refractivity contribution >= 4 is 23.4 Å². The van der Waals surface area contributed by atoms with Gasteiger partial charge in [-0.2, -0.15) is 4.98 Å². The number of rotatable bonds is 4. The van der Waals surface area contributed by atoms with E-state index in [0.29, 0.717) is 23.3 Å². The summed E-state index contributed by atoms with van der Waals surface area (Å²) >= 11 is 6.15. The van der Waals surface area contributed by atoms with Crippen LogP contribution in [0.2, 0.25) is 5.02 Å². The van der Waals surface area contributed by atoms with E-state index in [0.717, 1.165) is 18.8 Å². The topological polar surface area (TPSA) is 96.2 Å². The van der Waals surface area contributed by atoms with Crippen LogP contribution in [0.15, 0.2) is 22.9 Å². The van der Waals surface area contributed by atoms with Gasteiger partial charge in [-0.1, -0.05) is 16.8 Å². The minimum Gasteiger partial charge on any atom is -0.353 e. The van der Waals surface area contributed by atoms with Crippen LogP contribution in [0.1, 0.15) is 18.1 Å². The Kier molecular flexibility index (Phi) is 4.61. The fraction of sp³-hybridized carbons (Fsp3) is 0.429. The van der Waals surface area contributed by atoms with Crippen molar-refractivity contribution in [2.45, 2.75) is 25.9 Å². The number of hydrogen-bond acceptors (Lipinski definition) is 6. The van der Waals surface area contributed by atoms with E-state index in [4.69, 9.17) is 16.1 Å². The minimum absolute atomic E-state index is 0.0417. The van der Waals surface area contributed by atoms with Gasteiger partial charge in [0.25, 0.3) is 0 Å². The van der Waals surface area contributed by atoms with Gasteiger partial charge in [-0.15, -0.1) is 0 Å². The van der Waals surface area contributed by atoms with Crippen LogP contribution in [0.4, 0.5) is 10.6 Å². The number of amides is 2. The molecule has 2 amide bonds. The van der Waals surface area contributed by atoms with Gasteiger partial charge < -0.3 is 20.1 Å². The van der Waals surface area contributed by atoms with Crippen molar-refractivity contribution in [3.05, 3.63) is 35.1 Å². The molecule has 9 heteroatoms. The molecule has 2 aromatic rings. The predicted molar refractivity (Wildman–Crippen MR) is 84.3 cm³/mol. The van der Waals surface area contributed by atoms with E-state index in [1.54, 1.807) is 19.2 Å². The zero-order chi connectivity index (χ0) is 16.2. The zero-order valence-electron chi connectivity index (χ0n) is 12.6. The van der Waals surface area contributed by atoms with E-state index in [-0.39, 0.29) is 18.6 Å². The summed E-state index contributed by atoms with van der Waals surface area (Å²) in [5, 5.41) is 9.97. The number of hydrogen-bond donors (Lipinski definition) is 2. The molecule has 122 valence electrons. The fourth-order valence-corrected chi connectivity index (χ4v) is 2.73. The molecule has 0 unspecified atom stereocenters. The maximum atomic E-state index is 11.9. The Hall–Kier alpha value is -2.35. The number of halogens is 1. The number of anilines is 1. The summed E-state index contributed by atoms with van der Waals surface area (Å²) in [7, 11) is 0. The maximum Gasteiger partial charge on any atom is 0.315 e. The second-order valence-electron chi connectivity index (χ2n) is 5.30. The Balaban J connectivity index is 1.48. The van der Waals surface area contributed by atoms with E-state index in [1.807, 2.05) is 6.07 Å². The summed E-state index contributed by atoms with van der Waals surface area (Å²) in [6.07, 6.45) is 2.54. The third kappa shape index (κ3) is 3.89. The van der Waals surface area contributed by atoms with Gasteiger partial charge in [0.05, 0.1) is 11.6 Å². The van der Waals surface area contributed by atoms with Crippen LogP contribution < -0.4 is 15.5 Å². The van der Waals surface area contributed by atoms with E-state index in [9.17, 15) is 4.79 Å². The second kappa shape index (κ2) is 6.82. The lowest BCUT2D eigenvalue weighted by Gasteiger charge is -2.18. The van der Waals surface area contributed by atoms with Crippen LogP contribution in [0.25, 0.3) is 0 Å². The first-order valence-corrected chi connectivity index (χ1v) is 7.68. The van der Waals surface area contributed by atoms with Gasteiger partial charge in [-0.05, 0) is 18.6 Å². The van der Waals surface area contributed by atoms with Crippen LogP contribution in [0.5, 0.6) is 0 Å². The Morgan fingerprint density at radius 2 is 2.43 bits per heavy atom. The molecule has 0 spiro atoms. The lowest BCUT2D eigenvalue weighted by atomic mass is 10.3. The fourth-order valence-electron chi connectivity index (χ4n) is 2.49. The molecule has 3 rings (SSSR count). The first-order chi connectivity index (χ1) is 11.1. The lowest BCUT2D eigenvalue weighted by molar-refractivity contribution is 0.237. The van der Waals surface area contributed by atoms with Gasteiger partial charge in [0.15, 0.2) is 5.82 Å². The summed E-state index contributed by atoms with van der Waals surface area (Å²) in [5.74, 6) is 1.67. The van der Waals surface area contributed by atoms with Gasteiger partial charge in [0, 0.05) is 32.3 Å². The molecule has 0 bridgehead atoms. The summed E-state index contributed by atoms with van der Waals surface area (Å²) in [5.41, 5.74) is 0. The molecular weight excluding hydrogens is 320 g/mol. The summed E-state index contributed by atoms with van der Waals surface area (Å²) in [6, 6.07) is 3.39. The molecule has 1 aliphatic rings. The SMILES string of the molecule is Cc1nc(CNC(=O)N[C@@H]2CCN(c3ncccc3Cl)C2)no1. The number of aryl methyl sites for hydroxylation is 1. The van der Waals surface area contributed by atoms with Crippen molar-refractivity contribution in [3.63, 3.8) is 0 Å². The van der Waals surface area contributed by atoms with Crippen LogP contribution in [0, 0.1) is 6.92 Å². The molecule has 3 heterocycles. The largest absolute Gasteiger partial charge is 0.353 e. The molecule has 8 nitrogen and oxygen atoms in total. The standard InChI is InChI=1S/C14H17ClN6O2/c1-9-18-12(20-23-9)7-17-14(22)19-10-4-6-21(8-10)13-11(15)3-2-5-16-13/h2-3,5,10H,4,6-8H2,1H3,(H2,17,19,22)/t10-/m1/s1. The van der Waals surface area contributed by atoms with Gasteiger partial charge in [0.1, 0.15) is 5.82 Å². The number of nitrogens with one attached hydrogen (secondary N) is 2. The lowest BCUT2D eigenvalue weighted by Crippen LogP contribution is -2.43. The first kappa shape index (κ1) is 15.5. The van der Waals surface area contributed by atoms with E-state index in [2.05, 4.69) is 30.7 Å². The predicted octanol–water partition coefficient (Wildman–Crippen LogP) is 1.50. The Morgan fingerprint density at radius 3 is 3.17 bits per heavy atom. The van der Waals surface area contributed by atoms with Crippen molar-refractivity contribution in [1.29, 1.82) is 0 Å². The summed E-state index contributed by atoms with van der Waals surface area (Å²) in [4.78, 5) is 22.3. The molecule has 1 fully saturated rings. The zero-order valence-corrected chi connectivity index (χ0v) is 13.4. The van der Waals surface area contributed by atoms with E-state index >= 15 is 0 Å². The van der Waals surface area contributed by atoms with E-state index in [1.165, 1.54) is 0 Å².